The molecule has 0 aromatic heterocycles. The Labute approximate surface area is 279 Å². The van der Waals surface area contributed by atoms with Crippen LogP contribution >= 0.6 is 0 Å². The number of carbonyl (C=O) groups is 2. The Balaban J connectivity index is 1.45. The summed E-state index contributed by atoms with van der Waals surface area (Å²) in [6, 6.07) is 22.4. The Bertz CT molecular complexity index is 1480. The monoisotopic (exact) mass is 640 g/mol. The first-order chi connectivity index (χ1) is 22.8. The standard InChI is InChI=1S/C40H48O7/c1-6-7-8-30-9-11-34(12-10-30)38-25-36(47-40(42)29(3)27-44-5)21-22-37(38)33-15-13-31(14-16-33)32-17-19-35(20-18-32)45-23-24-46-39(41)28(2)26-43-4/h13-22,25,30,34H,2-3,6-12,23-24,26-27H2,1,4-5H3. The normalized spacial score (nSPS) is 15.9. The van der Waals surface area contributed by atoms with Gasteiger partial charge in [0.2, 0.25) is 0 Å². The number of esters is 2. The summed E-state index contributed by atoms with van der Waals surface area (Å²) >= 11 is 0. The molecule has 1 saturated carbocycles. The van der Waals surface area contributed by atoms with Crippen molar-refractivity contribution in [3.63, 3.8) is 0 Å². The molecule has 0 radical (unpaired) electrons. The van der Waals surface area contributed by atoms with Gasteiger partial charge in [-0.1, -0.05) is 81.8 Å². The van der Waals surface area contributed by atoms with Crippen LogP contribution in [0.3, 0.4) is 0 Å². The molecule has 3 aromatic carbocycles. The van der Waals surface area contributed by atoms with Crippen LogP contribution in [0.1, 0.15) is 63.4 Å². The van der Waals surface area contributed by atoms with Crippen LogP contribution in [0.15, 0.2) is 91.0 Å². The lowest BCUT2D eigenvalue weighted by atomic mass is 9.75. The molecule has 0 bridgehead atoms. The molecule has 0 unspecified atom stereocenters. The third-order valence-electron chi connectivity index (χ3n) is 8.67. The molecule has 250 valence electrons. The van der Waals surface area contributed by atoms with E-state index in [1.807, 2.05) is 36.4 Å². The predicted octanol–water partition coefficient (Wildman–Crippen LogP) is 8.72. The Morgan fingerprint density at radius 3 is 1.91 bits per heavy atom. The molecule has 1 aliphatic carbocycles. The van der Waals surface area contributed by atoms with Crippen molar-refractivity contribution in [1.82, 2.24) is 0 Å². The van der Waals surface area contributed by atoms with Gasteiger partial charge in [-0.05, 0) is 89.6 Å². The van der Waals surface area contributed by atoms with E-state index >= 15 is 0 Å². The molecular formula is C40H48O7. The number of benzene rings is 3. The number of carbonyl (C=O) groups excluding carboxylic acids is 2. The molecule has 47 heavy (non-hydrogen) atoms. The first kappa shape index (κ1) is 35.7. The second kappa shape index (κ2) is 18.2. The van der Waals surface area contributed by atoms with E-state index in [0.29, 0.717) is 17.4 Å². The molecule has 0 N–H and O–H groups in total. The number of hydrogen-bond donors (Lipinski definition) is 0. The summed E-state index contributed by atoms with van der Waals surface area (Å²) in [6.45, 7) is 10.3. The molecule has 0 amide bonds. The lowest BCUT2D eigenvalue weighted by Crippen LogP contribution is -2.16. The zero-order chi connectivity index (χ0) is 33.6. The zero-order valence-corrected chi connectivity index (χ0v) is 28.1. The van der Waals surface area contributed by atoms with Crippen molar-refractivity contribution in [3.05, 3.63) is 96.6 Å². The largest absolute Gasteiger partial charge is 0.490 e. The van der Waals surface area contributed by atoms with Gasteiger partial charge in [-0.15, -0.1) is 0 Å². The topological polar surface area (TPSA) is 80.3 Å². The summed E-state index contributed by atoms with van der Waals surface area (Å²) in [5, 5.41) is 0. The predicted molar refractivity (Wildman–Crippen MR) is 186 cm³/mol. The maximum absolute atomic E-state index is 12.6. The molecule has 1 fully saturated rings. The lowest BCUT2D eigenvalue weighted by molar-refractivity contribution is -0.140. The fourth-order valence-corrected chi connectivity index (χ4v) is 6.09. The van der Waals surface area contributed by atoms with Crippen molar-refractivity contribution in [2.45, 2.75) is 57.8 Å². The van der Waals surface area contributed by atoms with Crippen LogP contribution in [0.4, 0.5) is 0 Å². The van der Waals surface area contributed by atoms with E-state index in [9.17, 15) is 9.59 Å². The van der Waals surface area contributed by atoms with Gasteiger partial charge in [-0.3, -0.25) is 0 Å². The average molecular weight is 641 g/mol. The van der Waals surface area contributed by atoms with E-state index in [1.54, 1.807) is 0 Å². The Morgan fingerprint density at radius 1 is 0.723 bits per heavy atom. The van der Waals surface area contributed by atoms with Crippen LogP contribution in [-0.4, -0.2) is 52.6 Å². The highest BCUT2D eigenvalue weighted by Gasteiger charge is 2.25. The van der Waals surface area contributed by atoms with Crippen LogP contribution < -0.4 is 9.47 Å². The minimum absolute atomic E-state index is 0.125. The molecular weight excluding hydrogens is 592 g/mol. The number of rotatable bonds is 17. The molecule has 0 aliphatic heterocycles. The lowest BCUT2D eigenvalue weighted by Gasteiger charge is -2.30. The van der Waals surface area contributed by atoms with Crippen LogP contribution in [-0.2, 0) is 23.8 Å². The fourth-order valence-electron chi connectivity index (χ4n) is 6.09. The second-order valence-electron chi connectivity index (χ2n) is 12.2. The van der Waals surface area contributed by atoms with Crippen molar-refractivity contribution in [2.75, 3.05) is 40.6 Å². The molecule has 7 nitrogen and oxygen atoms in total. The first-order valence-electron chi connectivity index (χ1n) is 16.5. The van der Waals surface area contributed by atoms with Crippen LogP contribution in [0.2, 0.25) is 0 Å². The molecule has 7 heteroatoms. The third-order valence-corrected chi connectivity index (χ3v) is 8.67. The van der Waals surface area contributed by atoms with Crippen molar-refractivity contribution in [3.8, 4) is 33.8 Å². The van der Waals surface area contributed by atoms with Gasteiger partial charge in [0, 0.05) is 14.2 Å². The molecule has 0 atom stereocenters. The van der Waals surface area contributed by atoms with Crippen LogP contribution in [0.25, 0.3) is 22.3 Å². The number of unbranched alkanes of at least 4 members (excludes halogenated alkanes) is 1. The van der Waals surface area contributed by atoms with Gasteiger partial charge in [0.1, 0.15) is 24.7 Å². The van der Waals surface area contributed by atoms with E-state index in [4.69, 9.17) is 23.7 Å². The van der Waals surface area contributed by atoms with Crippen molar-refractivity contribution >= 4 is 11.9 Å². The average Bonchev–Trinajstić information content (AvgIpc) is 3.10. The molecule has 0 spiro atoms. The van der Waals surface area contributed by atoms with Crippen molar-refractivity contribution < 1.29 is 33.3 Å². The molecule has 0 heterocycles. The maximum Gasteiger partial charge on any atom is 0.341 e. The van der Waals surface area contributed by atoms with Crippen molar-refractivity contribution in [2.24, 2.45) is 5.92 Å². The molecule has 1 aliphatic rings. The molecule has 4 rings (SSSR count). The van der Waals surface area contributed by atoms with Gasteiger partial charge in [0.05, 0.1) is 24.4 Å². The summed E-state index contributed by atoms with van der Waals surface area (Å²) in [5.74, 6) is 1.48. The second-order valence-corrected chi connectivity index (χ2v) is 12.2. The summed E-state index contributed by atoms with van der Waals surface area (Å²) in [7, 11) is 3.03. The number of hydrogen-bond acceptors (Lipinski definition) is 7. The number of methoxy groups -OCH3 is 2. The Morgan fingerprint density at radius 2 is 1.30 bits per heavy atom. The van der Waals surface area contributed by atoms with Crippen LogP contribution in [0.5, 0.6) is 11.5 Å². The summed E-state index contributed by atoms with van der Waals surface area (Å²) < 4.78 is 26.6. The summed E-state index contributed by atoms with van der Waals surface area (Å²) in [4.78, 5) is 24.4. The van der Waals surface area contributed by atoms with E-state index in [2.05, 4.69) is 50.4 Å². The maximum atomic E-state index is 12.6. The van der Waals surface area contributed by atoms with Gasteiger partial charge >= 0.3 is 11.9 Å². The summed E-state index contributed by atoms with van der Waals surface area (Å²) in [5.41, 5.74) is 6.23. The van der Waals surface area contributed by atoms with Gasteiger partial charge in [0.15, 0.2) is 0 Å². The Hall–Kier alpha value is -4.20. The summed E-state index contributed by atoms with van der Waals surface area (Å²) in [6.07, 6.45) is 8.57. The molecule has 0 saturated heterocycles. The molecule has 3 aromatic rings. The SMILES string of the molecule is C=C(COC)C(=O)OCCOc1ccc(-c2ccc(-c3ccc(OC(=O)C(=C)COC)cc3C3CCC(CCCC)CC3)cc2)cc1. The van der Waals surface area contributed by atoms with E-state index in [-0.39, 0.29) is 37.6 Å². The van der Waals surface area contributed by atoms with Gasteiger partial charge in [-0.25, -0.2) is 9.59 Å². The third kappa shape index (κ3) is 10.4. The van der Waals surface area contributed by atoms with Gasteiger partial charge < -0.3 is 23.7 Å². The van der Waals surface area contributed by atoms with E-state index in [0.717, 1.165) is 35.4 Å². The first-order valence-corrected chi connectivity index (χ1v) is 16.5. The zero-order valence-electron chi connectivity index (χ0n) is 28.1. The highest BCUT2D eigenvalue weighted by molar-refractivity contribution is 5.90. The van der Waals surface area contributed by atoms with E-state index < -0.39 is 11.9 Å². The quantitative estimate of drug-likeness (QED) is 0.0632. The minimum atomic E-state index is -0.486. The van der Waals surface area contributed by atoms with Crippen molar-refractivity contribution in [1.29, 1.82) is 0 Å². The highest BCUT2D eigenvalue weighted by Crippen LogP contribution is 2.43. The van der Waals surface area contributed by atoms with Gasteiger partial charge in [-0.2, -0.15) is 0 Å². The highest BCUT2D eigenvalue weighted by atomic mass is 16.6. The fraction of sp³-hybridized carbons (Fsp3) is 0.400. The minimum Gasteiger partial charge on any atom is -0.490 e. The van der Waals surface area contributed by atoms with Crippen LogP contribution in [0, 0.1) is 5.92 Å². The van der Waals surface area contributed by atoms with E-state index in [1.165, 1.54) is 57.5 Å². The number of ether oxygens (including phenoxy) is 5. The Kier molecular flexibility index (Phi) is 13.8. The smallest absolute Gasteiger partial charge is 0.341 e. The van der Waals surface area contributed by atoms with Gasteiger partial charge in [0.25, 0.3) is 0 Å².